The third kappa shape index (κ3) is 3.22. The molecule has 0 bridgehead atoms. The van der Waals surface area contributed by atoms with Gasteiger partial charge in [-0.25, -0.2) is 4.98 Å². The smallest absolute Gasteiger partial charge is 0.150 e. The van der Waals surface area contributed by atoms with Crippen molar-refractivity contribution in [3.05, 3.63) is 47.4 Å². The van der Waals surface area contributed by atoms with Crippen molar-refractivity contribution >= 4 is 5.82 Å². The van der Waals surface area contributed by atoms with E-state index in [2.05, 4.69) is 20.9 Å². The van der Waals surface area contributed by atoms with Crippen LogP contribution in [0.3, 0.4) is 0 Å². The van der Waals surface area contributed by atoms with Crippen LogP contribution < -0.4 is 9.64 Å². The summed E-state index contributed by atoms with van der Waals surface area (Å²) < 4.78 is 5.24. The van der Waals surface area contributed by atoms with E-state index in [0.29, 0.717) is 0 Å². The first-order chi connectivity index (χ1) is 9.10. The first-order valence-corrected chi connectivity index (χ1v) is 6.24. The predicted octanol–water partition coefficient (Wildman–Crippen LogP) is 2.74. The number of methoxy groups -OCH3 is 1. The topological polar surface area (TPSA) is 38.2 Å². The zero-order valence-corrected chi connectivity index (χ0v) is 11.8. The van der Waals surface area contributed by atoms with E-state index in [-0.39, 0.29) is 0 Å². The maximum absolute atomic E-state index is 5.24. The Balaban J connectivity index is 2.20. The quantitative estimate of drug-likeness (QED) is 0.844. The van der Waals surface area contributed by atoms with Gasteiger partial charge in [-0.15, -0.1) is 0 Å². The van der Waals surface area contributed by atoms with Crippen LogP contribution in [-0.2, 0) is 6.54 Å². The van der Waals surface area contributed by atoms with Crippen LogP contribution in [-0.4, -0.2) is 24.1 Å². The van der Waals surface area contributed by atoms with Crippen LogP contribution in [0.4, 0.5) is 5.82 Å². The second kappa shape index (κ2) is 5.69. The minimum Gasteiger partial charge on any atom is -0.497 e. The Hall–Kier alpha value is -2.10. The van der Waals surface area contributed by atoms with E-state index in [1.165, 1.54) is 5.56 Å². The molecular weight excluding hydrogens is 238 g/mol. The normalized spacial score (nSPS) is 10.3. The molecule has 1 aromatic heterocycles. The molecule has 100 valence electrons. The zero-order valence-electron chi connectivity index (χ0n) is 11.8. The monoisotopic (exact) mass is 257 g/mol. The molecule has 2 aromatic rings. The minimum absolute atomic E-state index is 0.774. The summed E-state index contributed by atoms with van der Waals surface area (Å²) in [5.74, 6) is 1.79. The summed E-state index contributed by atoms with van der Waals surface area (Å²) in [5.41, 5.74) is 3.05. The lowest BCUT2D eigenvalue weighted by Gasteiger charge is -2.20. The van der Waals surface area contributed by atoms with Crippen LogP contribution in [0.15, 0.2) is 30.5 Å². The highest BCUT2D eigenvalue weighted by Gasteiger charge is 2.08. The molecule has 4 nitrogen and oxygen atoms in total. The van der Waals surface area contributed by atoms with Crippen LogP contribution in [0.5, 0.6) is 5.75 Å². The Morgan fingerprint density at radius 2 is 2.05 bits per heavy atom. The number of ether oxygens (including phenoxy) is 1. The first kappa shape index (κ1) is 13.3. The van der Waals surface area contributed by atoms with E-state index < -0.39 is 0 Å². The molecule has 19 heavy (non-hydrogen) atoms. The molecule has 0 spiro atoms. The zero-order chi connectivity index (χ0) is 13.8. The van der Waals surface area contributed by atoms with Gasteiger partial charge in [0.1, 0.15) is 11.6 Å². The van der Waals surface area contributed by atoms with Crippen molar-refractivity contribution in [1.82, 2.24) is 9.97 Å². The molecule has 0 amide bonds. The van der Waals surface area contributed by atoms with E-state index in [4.69, 9.17) is 4.74 Å². The third-order valence-corrected chi connectivity index (χ3v) is 2.97. The second-order valence-corrected chi connectivity index (χ2v) is 4.63. The van der Waals surface area contributed by atoms with E-state index in [0.717, 1.165) is 29.5 Å². The van der Waals surface area contributed by atoms with E-state index in [9.17, 15) is 0 Å². The number of hydrogen-bond acceptors (Lipinski definition) is 4. The van der Waals surface area contributed by atoms with Gasteiger partial charge in [-0.3, -0.25) is 4.98 Å². The lowest BCUT2D eigenvalue weighted by atomic mass is 10.2. The van der Waals surface area contributed by atoms with Gasteiger partial charge in [0.15, 0.2) is 0 Å². The largest absolute Gasteiger partial charge is 0.497 e. The fourth-order valence-corrected chi connectivity index (χ4v) is 2.01. The van der Waals surface area contributed by atoms with Crippen molar-refractivity contribution < 1.29 is 4.74 Å². The molecule has 0 N–H and O–H groups in total. The van der Waals surface area contributed by atoms with Crippen LogP contribution in [0.1, 0.15) is 17.0 Å². The van der Waals surface area contributed by atoms with E-state index >= 15 is 0 Å². The number of hydrogen-bond donors (Lipinski definition) is 0. The fourth-order valence-electron chi connectivity index (χ4n) is 2.01. The molecule has 1 heterocycles. The molecule has 0 saturated carbocycles. The SMILES string of the molecule is COc1cccc(CN(C)c2nc(C)cnc2C)c1. The molecule has 0 radical (unpaired) electrons. The molecule has 2 rings (SSSR count). The molecule has 0 unspecified atom stereocenters. The maximum Gasteiger partial charge on any atom is 0.150 e. The number of anilines is 1. The van der Waals surface area contributed by atoms with Gasteiger partial charge >= 0.3 is 0 Å². The maximum atomic E-state index is 5.24. The van der Waals surface area contributed by atoms with Crippen molar-refractivity contribution in [2.75, 3.05) is 19.1 Å². The number of benzene rings is 1. The average Bonchev–Trinajstić information content (AvgIpc) is 2.41. The Labute approximate surface area is 114 Å². The van der Waals surface area contributed by atoms with Crippen LogP contribution >= 0.6 is 0 Å². The Morgan fingerprint density at radius 1 is 1.26 bits per heavy atom. The standard InChI is InChI=1S/C15H19N3O/c1-11-9-16-12(2)15(17-11)18(3)10-13-6-5-7-14(8-13)19-4/h5-9H,10H2,1-4H3. The summed E-state index contributed by atoms with van der Waals surface area (Å²) in [6.45, 7) is 4.70. The van der Waals surface area contributed by atoms with E-state index in [1.807, 2.05) is 39.1 Å². The molecular formula is C15H19N3O. The van der Waals surface area contributed by atoms with Gasteiger partial charge in [0.25, 0.3) is 0 Å². The van der Waals surface area contributed by atoms with Gasteiger partial charge in [-0.1, -0.05) is 12.1 Å². The second-order valence-electron chi connectivity index (χ2n) is 4.63. The summed E-state index contributed by atoms with van der Waals surface area (Å²) >= 11 is 0. The summed E-state index contributed by atoms with van der Waals surface area (Å²) in [7, 11) is 3.70. The molecule has 1 aromatic carbocycles. The van der Waals surface area contributed by atoms with Gasteiger partial charge in [0, 0.05) is 19.8 Å². The number of nitrogens with zero attached hydrogens (tertiary/aromatic N) is 3. The highest BCUT2D eigenvalue weighted by Crippen LogP contribution is 2.18. The summed E-state index contributed by atoms with van der Waals surface area (Å²) in [6.07, 6.45) is 1.79. The van der Waals surface area contributed by atoms with Gasteiger partial charge in [0.05, 0.1) is 18.5 Å². The predicted molar refractivity (Wildman–Crippen MR) is 76.6 cm³/mol. The number of aryl methyl sites for hydroxylation is 2. The molecule has 0 aliphatic heterocycles. The Morgan fingerprint density at radius 3 is 2.79 bits per heavy atom. The van der Waals surface area contributed by atoms with Crippen LogP contribution in [0, 0.1) is 13.8 Å². The molecule has 0 atom stereocenters. The van der Waals surface area contributed by atoms with Crippen molar-refractivity contribution in [1.29, 1.82) is 0 Å². The van der Waals surface area contributed by atoms with Gasteiger partial charge in [0.2, 0.25) is 0 Å². The van der Waals surface area contributed by atoms with Crippen molar-refractivity contribution in [3.8, 4) is 5.75 Å². The lowest BCUT2D eigenvalue weighted by Crippen LogP contribution is -2.19. The van der Waals surface area contributed by atoms with E-state index in [1.54, 1.807) is 13.3 Å². The molecule has 0 saturated heterocycles. The molecule has 0 fully saturated rings. The van der Waals surface area contributed by atoms with Gasteiger partial charge in [-0.2, -0.15) is 0 Å². The van der Waals surface area contributed by atoms with Gasteiger partial charge < -0.3 is 9.64 Å². The number of aromatic nitrogens is 2. The average molecular weight is 257 g/mol. The van der Waals surface area contributed by atoms with Crippen molar-refractivity contribution in [2.45, 2.75) is 20.4 Å². The van der Waals surface area contributed by atoms with Gasteiger partial charge in [-0.05, 0) is 31.5 Å². The Bertz CT molecular complexity index is 569. The van der Waals surface area contributed by atoms with Crippen molar-refractivity contribution in [3.63, 3.8) is 0 Å². The number of rotatable bonds is 4. The molecule has 4 heteroatoms. The molecule has 0 aliphatic carbocycles. The summed E-state index contributed by atoms with van der Waals surface area (Å²) in [6, 6.07) is 8.06. The summed E-state index contributed by atoms with van der Waals surface area (Å²) in [4.78, 5) is 11.0. The molecule has 0 aliphatic rings. The van der Waals surface area contributed by atoms with Crippen LogP contribution in [0.2, 0.25) is 0 Å². The summed E-state index contributed by atoms with van der Waals surface area (Å²) in [5, 5.41) is 0. The first-order valence-electron chi connectivity index (χ1n) is 6.24. The fraction of sp³-hybridized carbons (Fsp3) is 0.333. The highest BCUT2D eigenvalue weighted by atomic mass is 16.5. The van der Waals surface area contributed by atoms with Crippen molar-refractivity contribution in [2.24, 2.45) is 0 Å². The van der Waals surface area contributed by atoms with Crippen LogP contribution in [0.25, 0.3) is 0 Å². The lowest BCUT2D eigenvalue weighted by molar-refractivity contribution is 0.414. The third-order valence-electron chi connectivity index (χ3n) is 2.97. The minimum atomic E-state index is 0.774. The highest BCUT2D eigenvalue weighted by molar-refractivity contribution is 5.43. The Kier molecular flexibility index (Phi) is 4.00.